The van der Waals surface area contributed by atoms with Gasteiger partial charge in [0.15, 0.2) is 0 Å². The van der Waals surface area contributed by atoms with Crippen LogP contribution in [0.3, 0.4) is 0 Å². The predicted molar refractivity (Wildman–Crippen MR) is 79.3 cm³/mol. The minimum absolute atomic E-state index is 0.0274. The minimum atomic E-state index is -0.0274. The number of thiophene rings is 1. The Morgan fingerprint density at radius 1 is 1.21 bits per heavy atom. The first-order valence-electron chi connectivity index (χ1n) is 6.31. The van der Waals surface area contributed by atoms with Crippen molar-refractivity contribution < 1.29 is 4.79 Å². The molecule has 1 aromatic carbocycles. The summed E-state index contributed by atoms with van der Waals surface area (Å²) in [5, 5.41) is 4.99. The molecule has 0 aliphatic carbocycles. The van der Waals surface area contributed by atoms with Gasteiger partial charge in [0.2, 0.25) is 0 Å². The second kappa shape index (κ2) is 6.95. The average Bonchev–Trinajstić information content (AvgIpc) is 2.93. The monoisotopic (exact) mass is 274 g/mol. The number of amides is 2. The van der Waals surface area contributed by atoms with Crippen LogP contribution >= 0.6 is 11.3 Å². The Morgan fingerprint density at radius 3 is 2.68 bits per heavy atom. The molecule has 0 unspecified atom stereocenters. The molecule has 0 atom stereocenters. The van der Waals surface area contributed by atoms with E-state index in [2.05, 4.69) is 16.8 Å². The number of nitrogens with zero attached hydrogens (tertiary/aromatic N) is 1. The molecule has 0 aliphatic rings. The molecule has 19 heavy (non-hydrogen) atoms. The molecule has 3 nitrogen and oxygen atoms in total. The molecule has 0 radical (unpaired) electrons. The number of hydrogen-bond acceptors (Lipinski definition) is 2. The summed E-state index contributed by atoms with van der Waals surface area (Å²) in [4.78, 5) is 14.9. The normalized spacial score (nSPS) is 10.2. The molecule has 2 amide bonds. The quantitative estimate of drug-likeness (QED) is 0.892. The molecule has 4 heteroatoms. The van der Waals surface area contributed by atoms with E-state index in [4.69, 9.17) is 0 Å². The van der Waals surface area contributed by atoms with Crippen LogP contribution in [0.4, 0.5) is 4.79 Å². The maximum Gasteiger partial charge on any atom is 0.317 e. The Labute approximate surface area is 117 Å². The molecule has 0 saturated heterocycles. The maximum absolute atomic E-state index is 11.9. The molecular weight excluding hydrogens is 256 g/mol. The molecule has 100 valence electrons. The van der Waals surface area contributed by atoms with E-state index in [0.717, 1.165) is 12.0 Å². The number of hydrogen-bond donors (Lipinski definition) is 1. The Kier molecular flexibility index (Phi) is 4.98. The van der Waals surface area contributed by atoms with E-state index in [1.54, 1.807) is 16.2 Å². The number of carbonyl (C=O) groups is 1. The summed E-state index contributed by atoms with van der Waals surface area (Å²) < 4.78 is 0. The lowest BCUT2D eigenvalue weighted by Crippen LogP contribution is -2.37. The van der Waals surface area contributed by atoms with Crippen LogP contribution in [0.25, 0.3) is 0 Å². The number of nitrogens with one attached hydrogen (secondary N) is 1. The molecule has 1 aromatic heterocycles. The van der Waals surface area contributed by atoms with E-state index in [1.165, 1.54) is 4.88 Å². The van der Waals surface area contributed by atoms with Gasteiger partial charge in [0.1, 0.15) is 0 Å². The van der Waals surface area contributed by atoms with Gasteiger partial charge in [-0.25, -0.2) is 4.79 Å². The Morgan fingerprint density at radius 2 is 2.00 bits per heavy atom. The van der Waals surface area contributed by atoms with Crippen molar-refractivity contribution in [1.82, 2.24) is 10.2 Å². The van der Waals surface area contributed by atoms with Gasteiger partial charge in [-0.05, 0) is 23.4 Å². The zero-order valence-electron chi connectivity index (χ0n) is 11.0. The molecule has 0 bridgehead atoms. The lowest BCUT2D eigenvalue weighted by atomic mass is 10.2. The highest BCUT2D eigenvalue weighted by atomic mass is 32.1. The fourth-order valence-corrected chi connectivity index (χ4v) is 2.52. The highest BCUT2D eigenvalue weighted by molar-refractivity contribution is 7.09. The van der Waals surface area contributed by atoms with Crippen molar-refractivity contribution in [3.8, 4) is 0 Å². The standard InChI is InChI=1S/C15H18N2OS/c1-17(12-13-6-3-2-4-7-13)15(18)16-10-9-14-8-5-11-19-14/h2-8,11H,9-10,12H2,1H3,(H,16,18). The largest absolute Gasteiger partial charge is 0.338 e. The van der Waals surface area contributed by atoms with Crippen molar-refractivity contribution in [2.24, 2.45) is 0 Å². The van der Waals surface area contributed by atoms with Crippen LogP contribution in [-0.2, 0) is 13.0 Å². The molecule has 2 rings (SSSR count). The summed E-state index contributed by atoms with van der Waals surface area (Å²) in [7, 11) is 1.81. The average molecular weight is 274 g/mol. The number of benzene rings is 1. The third-order valence-corrected chi connectivity index (χ3v) is 3.77. The van der Waals surface area contributed by atoms with Gasteiger partial charge in [-0.3, -0.25) is 0 Å². The van der Waals surface area contributed by atoms with Crippen molar-refractivity contribution in [1.29, 1.82) is 0 Å². The Balaban J connectivity index is 1.73. The lowest BCUT2D eigenvalue weighted by Gasteiger charge is -2.17. The smallest absolute Gasteiger partial charge is 0.317 e. The third kappa shape index (κ3) is 4.41. The summed E-state index contributed by atoms with van der Waals surface area (Å²) >= 11 is 1.72. The van der Waals surface area contributed by atoms with Gasteiger partial charge in [0.05, 0.1) is 0 Å². The van der Waals surface area contributed by atoms with Gasteiger partial charge < -0.3 is 10.2 Å². The summed E-state index contributed by atoms with van der Waals surface area (Å²) in [5.41, 5.74) is 1.14. The minimum Gasteiger partial charge on any atom is -0.338 e. The lowest BCUT2D eigenvalue weighted by molar-refractivity contribution is 0.207. The van der Waals surface area contributed by atoms with Gasteiger partial charge in [-0.15, -0.1) is 11.3 Å². The molecule has 2 aromatic rings. The van der Waals surface area contributed by atoms with Crippen LogP contribution in [-0.4, -0.2) is 24.5 Å². The number of urea groups is 1. The van der Waals surface area contributed by atoms with E-state index in [9.17, 15) is 4.79 Å². The highest BCUT2D eigenvalue weighted by Crippen LogP contribution is 2.08. The number of carbonyl (C=O) groups excluding carboxylic acids is 1. The predicted octanol–water partition coefficient (Wildman–Crippen LogP) is 3.13. The molecule has 1 N–H and O–H groups in total. The van der Waals surface area contributed by atoms with E-state index in [1.807, 2.05) is 43.4 Å². The molecule has 0 saturated carbocycles. The first-order valence-corrected chi connectivity index (χ1v) is 7.19. The van der Waals surface area contributed by atoms with Gasteiger partial charge in [-0.1, -0.05) is 36.4 Å². The second-order valence-corrected chi connectivity index (χ2v) is 5.44. The third-order valence-electron chi connectivity index (χ3n) is 2.84. The first-order chi connectivity index (χ1) is 9.25. The van der Waals surface area contributed by atoms with Crippen LogP contribution in [0.1, 0.15) is 10.4 Å². The van der Waals surface area contributed by atoms with Gasteiger partial charge in [0.25, 0.3) is 0 Å². The fourth-order valence-electron chi connectivity index (χ4n) is 1.81. The summed E-state index contributed by atoms with van der Waals surface area (Å²) in [6.45, 7) is 1.31. The zero-order chi connectivity index (χ0) is 13.5. The van der Waals surface area contributed by atoms with Crippen molar-refractivity contribution >= 4 is 17.4 Å². The zero-order valence-corrected chi connectivity index (χ0v) is 11.8. The van der Waals surface area contributed by atoms with Gasteiger partial charge in [-0.2, -0.15) is 0 Å². The van der Waals surface area contributed by atoms with E-state index >= 15 is 0 Å². The summed E-state index contributed by atoms with van der Waals surface area (Å²) in [5.74, 6) is 0. The first kappa shape index (κ1) is 13.6. The van der Waals surface area contributed by atoms with Crippen LogP contribution in [0.5, 0.6) is 0 Å². The van der Waals surface area contributed by atoms with Crippen molar-refractivity contribution in [2.45, 2.75) is 13.0 Å². The fraction of sp³-hybridized carbons (Fsp3) is 0.267. The Bertz CT molecular complexity index is 496. The molecule has 0 aliphatic heterocycles. The maximum atomic E-state index is 11.9. The molecule has 0 spiro atoms. The molecular formula is C15H18N2OS. The van der Waals surface area contributed by atoms with Crippen LogP contribution in [0.15, 0.2) is 47.8 Å². The number of rotatable bonds is 5. The van der Waals surface area contributed by atoms with Crippen molar-refractivity contribution in [3.05, 3.63) is 58.3 Å². The molecule has 1 heterocycles. The van der Waals surface area contributed by atoms with Crippen molar-refractivity contribution in [3.63, 3.8) is 0 Å². The van der Waals surface area contributed by atoms with Gasteiger partial charge in [0, 0.05) is 25.0 Å². The van der Waals surface area contributed by atoms with E-state index in [-0.39, 0.29) is 6.03 Å². The van der Waals surface area contributed by atoms with Crippen LogP contribution in [0.2, 0.25) is 0 Å². The van der Waals surface area contributed by atoms with Gasteiger partial charge >= 0.3 is 6.03 Å². The van der Waals surface area contributed by atoms with E-state index < -0.39 is 0 Å². The van der Waals surface area contributed by atoms with E-state index in [0.29, 0.717) is 13.1 Å². The summed E-state index contributed by atoms with van der Waals surface area (Å²) in [6, 6.07) is 14.1. The highest BCUT2D eigenvalue weighted by Gasteiger charge is 2.07. The van der Waals surface area contributed by atoms with Crippen LogP contribution < -0.4 is 5.32 Å². The SMILES string of the molecule is CN(Cc1ccccc1)C(=O)NCCc1cccs1. The Hall–Kier alpha value is -1.81. The summed E-state index contributed by atoms with van der Waals surface area (Å²) in [6.07, 6.45) is 0.891. The van der Waals surface area contributed by atoms with Crippen molar-refractivity contribution in [2.75, 3.05) is 13.6 Å². The topological polar surface area (TPSA) is 32.3 Å². The second-order valence-electron chi connectivity index (χ2n) is 4.40. The molecule has 0 fully saturated rings. The van der Waals surface area contributed by atoms with Crippen LogP contribution in [0, 0.1) is 0 Å².